The molecular weight excluding hydrogens is 416 g/mol. The summed E-state index contributed by atoms with van der Waals surface area (Å²) in [6, 6.07) is 6.32. The number of esters is 1. The average Bonchev–Trinajstić information content (AvgIpc) is 2.74. The number of carbonyl (C=O) groups excluding carboxylic acids is 2. The quantitative estimate of drug-likeness (QED) is 0.271. The lowest BCUT2D eigenvalue weighted by molar-refractivity contribution is -0.119. The number of aryl methyl sites for hydroxylation is 1. The van der Waals surface area contributed by atoms with Crippen LogP contribution >= 0.6 is 0 Å². The van der Waals surface area contributed by atoms with Gasteiger partial charge < -0.3 is 30.8 Å². The first-order chi connectivity index (χ1) is 15.2. The lowest BCUT2D eigenvalue weighted by Gasteiger charge is -2.21. The number of phenolic OH excluding ortho intramolecular Hbond substituents is 1. The van der Waals surface area contributed by atoms with Gasteiger partial charge in [-0.05, 0) is 39.0 Å². The van der Waals surface area contributed by atoms with Crippen molar-refractivity contribution >= 4 is 28.6 Å². The van der Waals surface area contributed by atoms with E-state index in [4.69, 9.17) is 25.7 Å². The first kappa shape index (κ1) is 22.6. The second-order valence-corrected chi connectivity index (χ2v) is 7.01. The molecule has 5 N–H and O–H groups in total. The van der Waals surface area contributed by atoms with Gasteiger partial charge in [-0.1, -0.05) is 0 Å². The first-order valence-electron chi connectivity index (χ1n) is 9.84. The molecule has 0 aliphatic heterocycles. The summed E-state index contributed by atoms with van der Waals surface area (Å²) >= 11 is 0. The van der Waals surface area contributed by atoms with Crippen LogP contribution in [0.3, 0.4) is 0 Å². The van der Waals surface area contributed by atoms with E-state index in [1.54, 1.807) is 26.0 Å². The molecule has 0 aliphatic rings. The van der Waals surface area contributed by atoms with E-state index in [1.807, 2.05) is 6.92 Å². The highest BCUT2D eigenvalue weighted by molar-refractivity contribution is 5.98. The molecule has 0 bridgehead atoms. The van der Waals surface area contributed by atoms with Crippen molar-refractivity contribution in [2.75, 3.05) is 18.9 Å². The average molecular weight is 440 g/mol. The van der Waals surface area contributed by atoms with E-state index in [0.717, 1.165) is 5.69 Å². The minimum absolute atomic E-state index is 0.0638. The van der Waals surface area contributed by atoms with Crippen molar-refractivity contribution in [3.8, 4) is 17.2 Å². The fourth-order valence-corrected chi connectivity index (χ4v) is 3.08. The maximum Gasteiger partial charge on any atom is 0.343 e. The molecule has 0 saturated heterocycles. The zero-order chi connectivity index (χ0) is 23.4. The molecule has 1 unspecified atom stereocenters. The second-order valence-electron chi connectivity index (χ2n) is 7.01. The molecule has 1 atom stereocenters. The number of anilines is 1. The fraction of sp³-hybridized carbons (Fsp3) is 0.273. The molecule has 32 heavy (non-hydrogen) atoms. The number of pyridine rings is 2. The lowest BCUT2D eigenvalue weighted by atomic mass is 10.1. The number of amides is 1. The lowest BCUT2D eigenvalue weighted by Crippen LogP contribution is -2.20. The summed E-state index contributed by atoms with van der Waals surface area (Å²) in [5.41, 5.74) is 12.9. The van der Waals surface area contributed by atoms with Crippen LogP contribution in [0.4, 0.5) is 5.69 Å². The molecule has 10 heteroatoms. The maximum atomic E-state index is 12.5. The number of rotatable bonds is 8. The van der Waals surface area contributed by atoms with Crippen LogP contribution in [0.1, 0.15) is 41.6 Å². The van der Waals surface area contributed by atoms with Gasteiger partial charge in [0, 0.05) is 23.5 Å². The van der Waals surface area contributed by atoms with Crippen LogP contribution in [-0.4, -0.2) is 40.2 Å². The van der Waals surface area contributed by atoms with Gasteiger partial charge in [0.25, 0.3) is 5.91 Å². The van der Waals surface area contributed by atoms with Crippen LogP contribution in [0.2, 0.25) is 0 Å². The summed E-state index contributed by atoms with van der Waals surface area (Å²) in [5.74, 6) is -1.12. The van der Waals surface area contributed by atoms with Crippen molar-refractivity contribution in [2.45, 2.75) is 26.9 Å². The van der Waals surface area contributed by atoms with Gasteiger partial charge in [0.05, 0.1) is 17.7 Å². The van der Waals surface area contributed by atoms with E-state index < -0.39 is 18.0 Å². The normalized spacial score (nSPS) is 11.7. The van der Waals surface area contributed by atoms with E-state index in [0.29, 0.717) is 16.6 Å². The van der Waals surface area contributed by atoms with Crippen molar-refractivity contribution in [3.63, 3.8) is 0 Å². The molecule has 0 saturated carbocycles. The number of benzene rings is 1. The highest BCUT2D eigenvalue weighted by Crippen LogP contribution is 2.38. The number of hydrogen-bond acceptors (Lipinski definition) is 9. The van der Waals surface area contributed by atoms with E-state index in [9.17, 15) is 14.7 Å². The molecule has 2 aromatic heterocycles. The number of nitrogens with zero attached hydrogens (tertiary/aromatic N) is 2. The Balaban J connectivity index is 2.05. The highest BCUT2D eigenvalue weighted by Gasteiger charge is 2.23. The van der Waals surface area contributed by atoms with Crippen molar-refractivity contribution in [2.24, 2.45) is 5.73 Å². The summed E-state index contributed by atoms with van der Waals surface area (Å²) in [5, 5.41) is 10.7. The minimum atomic E-state index is -0.738. The molecule has 0 fully saturated rings. The molecule has 3 aromatic rings. The van der Waals surface area contributed by atoms with Crippen LogP contribution in [0.5, 0.6) is 17.2 Å². The number of fused-ring (bicyclic) bond motifs is 1. The van der Waals surface area contributed by atoms with Crippen molar-refractivity contribution in [3.05, 3.63) is 47.3 Å². The Morgan fingerprint density at radius 2 is 2.00 bits per heavy atom. The third-order valence-corrected chi connectivity index (χ3v) is 4.59. The van der Waals surface area contributed by atoms with Gasteiger partial charge in [-0.2, -0.15) is 0 Å². The number of phenols is 1. The van der Waals surface area contributed by atoms with Crippen molar-refractivity contribution in [1.82, 2.24) is 9.97 Å². The Hall–Kier alpha value is -4.08. The third kappa shape index (κ3) is 4.80. The Morgan fingerprint density at radius 1 is 1.25 bits per heavy atom. The summed E-state index contributed by atoms with van der Waals surface area (Å²) in [6.45, 7) is 5.01. The van der Waals surface area contributed by atoms with Gasteiger partial charge >= 0.3 is 5.97 Å². The topological polar surface area (TPSA) is 160 Å². The van der Waals surface area contributed by atoms with E-state index >= 15 is 0 Å². The summed E-state index contributed by atoms with van der Waals surface area (Å²) < 4.78 is 16.6. The number of carbonyl (C=O) groups is 2. The predicted octanol–water partition coefficient (Wildman–Crippen LogP) is 2.41. The van der Waals surface area contributed by atoms with Gasteiger partial charge in [0.15, 0.2) is 12.3 Å². The van der Waals surface area contributed by atoms with Crippen LogP contribution in [-0.2, 0) is 9.53 Å². The van der Waals surface area contributed by atoms with Gasteiger partial charge in [-0.15, -0.1) is 0 Å². The smallest absolute Gasteiger partial charge is 0.343 e. The zero-order valence-corrected chi connectivity index (χ0v) is 17.9. The molecular formula is C22H24N4O6. The number of primary amides is 1. The SMILES string of the molecule is CCOC(=O)c1cnc2nc(C)ccc2c1OC(C)c1cc(OCC(N)=O)cc(O)c1N. The van der Waals surface area contributed by atoms with Gasteiger partial charge in [0.2, 0.25) is 0 Å². The summed E-state index contributed by atoms with van der Waals surface area (Å²) in [4.78, 5) is 32.2. The largest absolute Gasteiger partial charge is 0.506 e. The number of nitrogen functional groups attached to an aromatic ring is 1. The molecule has 0 aliphatic carbocycles. The van der Waals surface area contributed by atoms with Crippen molar-refractivity contribution < 1.29 is 28.9 Å². The molecule has 3 rings (SSSR count). The molecule has 1 aromatic carbocycles. The molecule has 1 amide bonds. The molecule has 10 nitrogen and oxygen atoms in total. The second kappa shape index (κ2) is 9.38. The van der Waals surface area contributed by atoms with E-state index in [1.165, 1.54) is 18.3 Å². The van der Waals surface area contributed by atoms with Gasteiger partial charge in [-0.25, -0.2) is 14.8 Å². The molecule has 0 spiro atoms. The fourth-order valence-electron chi connectivity index (χ4n) is 3.08. The van der Waals surface area contributed by atoms with Crippen molar-refractivity contribution in [1.29, 1.82) is 0 Å². The predicted molar refractivity (Wildman–Crippen MR) is 116 cm³/mol. The Labute approximate surface area is 184 Å². The number of ether oxygens (including phenoxy) is 3. The van der Waals surface area contributed by atoms with Crippen LogP contribution in [0, 0.1) is 6.92 Å². The van der Waals surface area contributed by atoms with E-state index in [-0.39, 0.29) is 41.7 Å². The maximum absolute atomic E-state index is 12.5. The minimum Gasteiger partial charge on any atom is -0.506 e. The number of aromatic nitrogens is 2. The number of aromatic hydroxyl groups is 1. The zero-order valence-electron chi connectivity index (χ0n) is 17.9. The Kier molecular flexibility index (Phi) is 6.62. The van der Waals surface area contributed by atoms with Crippen LogP contribution in [0.15, 0.2) is 30.5 Å². The number of nitrogens with two attached hydrogens (primary N) is 2. The highest BCUT2D eigenvalue weighted by atomic mass is 16.5. The van der Waals surface area contributed by atoms with Crippen LogP contribution in [0.25, 0.3) is 11.0 Å². The summed E-state index contributed by atoms with van der Waals surface area (Å²) in [7, 11) is 0. The number of hydrogen-bond donors (Lipinski definition) is 3. The first-order valence-corrected chi connectivity index (χ1v) is 9.84. The summed E-state index contributed by atoms with van der Waals surface area (Å²) in [6.07, 6.45) is 0.611. The Bertz CT molecular complexity index is 1180. The Morgan fingerprint density at radius 3 is 2.69 bits per heavy atom. The van der Waals surface area contributed by atoms with Gasteiger partial charge in [-0.3, -0.25) is 4.79 Å². The monoisotopic (exact) mass is 440 g/mol. The third-order valence-electron chi connectivity index (χ3n) is 4.59. The van der Waals surface area contributed by atoms with Gasteiger partial charge in [0.1, 0.15) is 28.9 Å². The van der Waals surface area contributed by atoms with E-state index in [2.05, 4.69) is 9.97 Å². The molecule has 0 radical (unpaired) electrons. The molecule has 168 valence electrons. The molecule has 2 heterocycles. The van der Waals surface area contributed by atoms with Crippen LogP contribution < -0.4 is 20.9 Å². The standard InChI is InChI=1S/C22H24N4O6/c1-4-30-22(29)16-9-25-21-14(6-5-11(2)26-21)20(16)32-12(3)15-7-13(31-10-18(23)28)8-17(27)19(15)24/h5-9,12,27H,4,10,24H2,1-3H3,(H2,23,28).